The Balaban J connectivity index is 1.27. The fourth-order valence-corrected chi connectivity index (χ4v) is 5.96. The molecule has 5 heteroatoms. The van der Waals surface area contributed by atoms with Crippen molar-refractivity contribution in [2.75, 3.05) is 19.6 Å². The Bertz CT molecular complexity index is 501. The first-order valence-electron chi connectivity index (χ1n) is 9.94. The summed E-state index contributed by atoms with van der Waals surface area (Å²) in [4.78, 5) is 28.7. The molecule has 134 valence electrons. The van der Waals surface area contributed by atoms with E-state index in [1.165, 1.54) is 25.7 Å². The van der Waals surface area contributed by atoms with Crippen LogP contribution in [0.4, 0.5) is 0 Å². The van der Waals surface area contributed by atoms with Gasteiger partial charge in [-0.15, -0.1) is 0 Å². The summed E-state index contributed by atoms with van der Waals surface area (Å²) in [6.45, 7) is 2.69. The van der Waals surface area contributed by atoms with Crippen molar-refractivity contribution in [2.45, 2.75) is 69.9 Å². The number of amides is 2. The highest BCUT2D eigenvalue weighted by molar-refractivity contribution is 5.80. The molecule has 4 atom stereocenters. The van der Waals surface area contributed by atoms with Crippen LogP contribution in [0.3, 0.4) is 0 Å². The topological polar surface area (TPSA) is 66.6 Å². The van der Waals surface area contributed by atoms with E-state index in [1.54, 1.807) is 0 Å². The highest BCUT2D eigenvalue weighted by atomic mass is 16.2. The normalized spacial score (nSPS) is 37.2. The third-order valence-corrected chi connectivity index (χ3v) is 7.23. The fraction of sp³-hybridized carbons (Fsp3) is 0.895. The van der Waals surface area contributed by atoms with E-state index in [0.717, 1.165) is 63.6 Å². The molecule has 2 bridgehead atoms. The first kappa shape index (κ1) is 16.4. The molecule has 0 unspecified atom stereocenters. The van der Waals surface area contributed by atoms with Gasteiger partial charge in [-0.05, 0) is 69.2 Å². The van der Waals surface area contributed by atoms with Crippen molar-refractivity contribution in [3.05, 3.63) is 0 Å². The molecule has 0 aromatic heterocycles. The summed E-state index contributed by atoms with van der Waals surface area (Å²) < 4.78 is 0. The number of hydrogen-bond donors (Lipinski definition) is 1. The number of piperidine rings is 1. The molecule has 24 heavy (non-hydrogen) atoms. The van der Waals surface area contributed by atoms with E-state index in [4.69, 9.17) is 5.73 Å². The fourth-order valence-electron chi connectivity index (χ4n) is 5.96. The quantitative estimate of drug-likeness (QED) is 0.852. The van der Waals surface area contributed by atoms with Crippen molar-refractivity contribution in [3.8, 4) is 0 Å². The number of carbonyl (C=O) groups is 2. The third kappa shape index (κ3) is 3.07. The molecular weight excluding hydrogens is 302 g/mol. The van der Waals surface area contributed by atoms with Gasteiger partial charge in [-0.25, -0.2) is 0 Å². The number of carbonyl (C=O) groups excluding carboxylic acids is 2. The molecule has 0 aromatic rings. The molecule has 4 fully saturated rings. The van der Waals surface area contributed by atoms with E-state index >= 15 is 0 Å². The second-order valence-electron chi connectivity index (χ2n) is 8.55. The van der Waals surface area contributed by atoms with Crippen LogP contribution in [0.25, 0.3) is 0 Å². The molecule has 2 amide bonds. The van der Waals surface area contributed by atoms with E-state index in [-0.39, 0.29) is 11.9 Å². The van der Waals surface area contributed by atoms with Gasteiger partial charge in [0, 0.05) is 25.6 Å². The zero-order chi connectivity index (χ0) is 16.7. The van der Waals surface area contributed by atoms with Crippen LogP contribution < -0.4 is 5.73 Å². The largest absolute Gasteiger partial charge is 0.368 e. The van der Waals surface area contributed by atoms with E-state index < -0.39 is 0 Å². The number of nitrogens with two attached hydrogens (primary N) is 1. The highest BCUT2D eigenvalue weighted by Gasteiger charge is 2.41. The average molecular weight is 333 g/mol. The maximum atomic E-state index is 12.7. The smallest absolute Gasteiger partial charge is 0.234 e. The number of primary amides is 1. The minimum Gasteiger partial charge on any atom is -0.368 e. The second-order valence-corrected chi connectivity index (χ2v) is 8.55. The Morgan fingerprint density at radius 3 is 2.38 bits per heavy atom. The van der Waals surface area contributed by atoms with Crippen LogP contribution in [0.1, 0.15) is 57.8 Å². The summed E-state index contributed by atoms with van der Waals surface area (Å²) in [6, 6.07) is 0.350. The Morgan fingerprint density at radius 2 is 1.75 bits per heavy atom. The predicted octanol–water partition coefficient (Wildman–Crippen LogP) is 1.75. The maximum absolute atomic E-state index is 12.7. The lowest BCUT2D eigenvalue weighted by atomic mass is 9.86. The lowest BCUT2D eigenvalue weighted by molar-refractivity contribution is -0.135. The minimum atomic E-state index is -0.178. The standard InChI is InChI=1S/C19H31N3O2/c20-19(24)17-2-1-7-22(17)16-5-8-21(9-6-16)18(23)12-15-11-13-3-4-14(15)10-13/h13-17H,1-12H2,(H2,20,24)/t13-,14-,15-,17-/m0/s1. The van der Waals surface area contributed by atoms with Crippen LogP contribution in [0, 0.1) is 17.8 Å². The van der Waals surface area contributed by atoms with Crippen molar-refractivity contribution < 1.29 is 9.59 Å². The van der Waals surface area contributed by atoms with Crippen LogP contribution in [-0.2, 0) is 9.59 Å². The molecule has 5 nitrogen and oxygen atoms in total. The van der Waals surface area contributed by atoms with Crippen molar-refractivity contribution in [1.29, 1.82) is 0 Å². The number of fused-ring (bicyclic) bond motifs is 2. The van der Waals surface area contributed by atoms with Gasteiger partial charge in [0.1, 0.15) is 0 Å². The Labute approximate surface area is 144 Å². The molecule has 0 radical (unpaired) electrons. The van der Waals surface area contributed by atoms with Crippen LogP contribution in [0.15, 0.2) is 0 Å². The zero-order valence-electron chi connectivity index (χ0n) is 14.7. The van der Waals surface area contributed by atoms with Gasteiger partial charge in [0.25, 0.3) is 0 Å². The zero-order valence-corrected chi connectivity index (χ0v) is 14.7. The van der Waals surface area contributed by atoms with Crippen molar-refractivity contribution in [1.82, 2.24) is 9.80 Å². The van der Waals surface area contributed by atoms with Gasteiger partial charge >= 0.3 is 0 Å². The van der Waals surface area contributed by atoms with Crippen molar-refractivity contribution in [2.24, 2.45) is 23.5 Å². The molecular formula is C19H31N3O2. The van der Waals surface area contributed by atoms with Crippen LogP contribution in [-0.4, -0.2) is 53.3 Å². The number of likely N-dealkylation sites (tertiary alicyclic amines) is 2. The van der Waals surface area contributed by atoms with Gasteiger partial charge in [0.2, 0.25) is 11.8 Å². The monoisotopic (exact) mass is 333 g/mol. The molecule has 2 saturated carbocycles. The molecule has 0 aromatic carbocycles. The van der Waals surface area contributed by atoms with Gasteiger partial charge in [0.15, 0.2) is 0 Å². The van der Waals surface area contributed by atoms with Crippen molar-refractivity contribution in [3.63, 3.8) is 0 Å². The molecule has 2 N–H and O–H groups in total. The molecule has 2 aliphatic carbocycles. The van der Waals surface area contributed by atoms with E-state index in [1.807, 2.05) is 0 Å². The van der Waals surface area contributed by atoms with Gasteiger partial charge in [-0.2, -0.15) is 0 Å². The SMILES string of the molecule is NC(=O)[C@@H]1CCCN1C1CCN(C(=O)C[C@@H]2C[C@H]3CC[C@H]2C3)CC1. The molecule has 2 saturated heterocycles. The van der Waals surface area contributed by atoms with E-state index in [9.17, 15) is 9.59 Å². The number of hydrogen-bond acceptors (Lipinski definition) is 3. The Kier molecular flexibility index (Phi) is 4.54. The summed E-state index contributed by atoms with van der Waals surface area (Å²) >= 11 is 0. The van der Waals surface area contributed by atoms with Gasteiger partial charge in [-0.3, -0.25) is 14.5 Å². The average Bonchev–Trinajstić information content (AvgIpc) is 3.31. The molecule has 2 heterocycles. The third-order valence-electron chi connectivity index (χ3n) is 7.23. The van der Waals surface area contributed by atoms with E-state index in [0.29, 0.717) is 17.9 Å². The Morgan fingerprint density at radius 1 is 0.958 bits per heavy atom. The maximum Gasteiger partial charge on any atom is 0.234 e. The Hall–Kier alpha value is -1.10. The molecule has 4 aliphatic rings. The first-order valence-corrected chi connectivity index (χ1v) is 9.94. The van der Waals surface area contributed by atoms with Crippen LogP contribution in [0.5, 0.6) is 0 Å². The highest BCUT2D eigenvalue weighted by Crippen LogP contribution is 2.49. The van der Waals surface area contributed by atoms with Crippen molar-refractivity contribution >= 4 is 11.8 Å². The first-order chi connectivity index (χ1) is 11.6. The summed E-state index contributed by atoms with van der Waals surface area (Å²) in [5.41, 5.74) is 5.55. The molecule has 0 spiro atoms. The lowest BCUT2D eigenvalue weighted by Gasteiger charge is -2.39. The van der Waals surface area contributed by atoms with Gasteiger partial charge in [0.05, 0.1) is 6.04 Å². The van der Waals surface area contributed by atoms with Crippen LogP contribution in [0.2, 0.25) is 0 Å². The summed E-state index contributed by atoms with van der Waals surface area (Å²) in [7, 11) is 0. The van der Waals surface area contributed by atoms with Crippen LogP contribution >= 0.6 is 0 Å². The summed E-state index contributed by atoms with van der Waals surface area (Å²) in [6.07, 6.45) is 10.2. The van der Waals surface area contributed by atoms with Gasteiger partial charge in [-0.1, -0.05) is 6.42 Å². The molecule has 2 aliphatic heterocycles. The number of nitrogens with zero attached hydrogens (tertiary/aromatic N) is 2. The minimum absolute atomic E-state index is 0.0775. The predicted molar refractivity (Wildman–Crippen MR) is 92.1 cm³/mol. The molecule has 4 rings (SSSR count). The summed E-state index contributed by atoms with van der Waals surface area (Å²) in [5, 5.41) is 0. The van der Waals surface area contributed by atoms with Gasteiger partial charge < -0.3 is 10.6 Å². The summed E-state index contributed by atoms with van der Waals surface area (Å²) in [5.74, 6) is 2.60. The lowest BCUT2D eigenvalue weighted by Crippen LogP contribution is -2.51. The van der Waals surface area contributed by atoms with E-state index in [2.05, 4.69) is 9.80 Å². The second kappa shape index (κ2) is 6.66. The number of rotatable bonds is 4.